The Bertz CT molecular complexity index is 294. The standard InChI is InChI=1S/C10H17N3/c1-6(2)10(12)8-4-5-9(11)13-7(8)3/h4-6,10H,12H2,1-3H3,(H2,11,13). The van der Waals surface area contributed by atoms with E-state index in [0.29, 0.717) is 11.7 Å². The van der Waals surface area contributed by atoms with Crippen LogP contribution in [0.25, 0.3) is 0 Å². The zero-order valence-corrected chi connectivity index (χ0v) is 8.41. The summed E-state index contributed by atoms with van der Waals surface area (Å²) in [7, 11) is 0. The maximum absolute atomic E-state index is 6.01. The van der Waals surface area contributed by atoms with Gasteiger partial charge in [0.05, 0.1) is 0 Å². The third kappa shape index (κ3) is 2.18. The fourth-order valence-corrected chi connectivity index (χ4v) is 1.30. The molecule has 1 aromatic heterocycles. The van der Waals surface area contributed by atoms with Gasteiger partial charge in [0, 0.05) is 11.7 Å². The Hall–Kier alpha value is -1.09. The summed E-state index contributed by atoms with van der Waals surface area (Å²) in [6.45, 7) is 6.13. The number of anilines is 1. The first-order valence-corrected chi connectivity index (χ1v) is 4.51. The summed E-state index contributed by atoms with van der Waals surface area (Å²) in [6, 6.07) is 3.81. The summed E-state index contributed by atoms with van der Waals surface area (Å²) in [6.07, 6.45) is 0. The average Bonchev–Trinajstić information content (AvgIpc) is 2.03. The molecule has 0 saturated carbocycles. The van der Waals surface area contributed by atoms with Crippen molar-refractivity contribution in [3.63, 3.8) is 0 Å². The van der Waals surface area contributed by atoms with Crippen molar-refractivity contribution in [2.45, 2.75) is 26.8 Å². The lowest BCUT2D eigenvalue weighted by atomic mass is 9.96. The van der Waals surface area contributed by atoms with Gasteiger partial charge in [0.1, 0.15) is 5.82 Å². The molecule has 0 bridgehead atoms. The van der Waals surface area contributed by atoms with E-state index in [0.717, 1.165) is 11.3 Å². The first kappa shape index (κ1) is 9.99. The Morgan fingerprint density at radius 2 is 1.92 bits per heavy atom. The van der Waals surface area contributed by atoms with E-state index in [1.54, 1.807) is 6.07 Å². The molecule has 0 aliphatic carbocycles. The molecule has 0 fully saturated rings. The van der Waals surface area contributed by atoms with Crippen molar-refractivity contribution in [3.8, 4) is 0 Å². The molecule has 1 heterocycles. The van der Waals surface area contributed by atoms with Gasteiger partial charge >= 0.3 is 0 Å². The molecule has 3 nitrogen and oxygen atoms in total. The van der Waals surface area contributed by atoms with Gasteiger partial charge in [-0.3, -0.25) is 0 Å². The molecule has 1 atom stereocenters. The molecule has 1 rings (SSSR count). The van der Waals surface area contributed by atoms with E-state index in [2.05, 4.69) is 18.8 Å². The Kier molecular flexibility index (Phi) is 2.88. The normalized spacial score (nSPS) is 13.3. The second kappa shape index (κ2) is 3.75. The number of nitrogen functional groups attached to an aromatic ring is 1. The summed E-state index contributed by atoms with van der Waals surface area (Å²) >= 11 is 0. The molecule has 0 aromatic carbocycles. The lowest BCUT2D eigenvalue weighted by Crippen LogP contribution is -2.18. The molecular weight excluding hydrogens is 162 g/mol. The largest absolute Gasteiger partial charge is 0.384 e. The van der Waals surface area contributed by atoms with Crippen LogP contribution in [0.5, 0.6) is 0 Å². The lowest BCUT2D eigenvalue weighted by Gasteiger charge is -2.17. The summed E-state index contributed by atoms with van der Waals surface area (Å²) in [5.74, 6) is 0.973. The third-order valence-electron chi connectivity index (χ3n) is 2.23. The van der Waals surface area contributed by atoms with Crippen LogP contribution in [0.4, 0.5) is 5.82 Å². The van der Waals surface area contributed by atoms with Crippen molar-refractivity contribution < 1.29 is 0 Å². The van der Waals surface area contributed by atoms with Crippen molar-refractivity contribution in [2.75, 3.05) is 5.73 Å². The van der Waals surface area contributed by atoms with Crippen LogP contribution in [-0.2, 0) is 0 Å². The van der Waals surface area contributed by atoms with Crippen molar-refractivity contribution >= 4 is 5.82 Å². The zero-order valence-electron chi connectivity index (χ0n) is 8.41. The first-order chi connectivity index (χ1) is 6.02. The lowest BCUT2D eigenvalue weighted by molar-refractivity contribution is 0.510. The molecule has 1 unspecified atom stereocenters. The van der Waals surface area contributed by atoms with Crippen LogP contribution in [-0.4, -0.2) is 4.98 Å². The van der Waals surface area contributed by atoms with Gasteiger partial charge in [0.15, 0.2) is 0 Å². The molecule has 0 radical (unpaired) electrons. The van der Waals surface area contributed by atoms with Crippen molar-refractivity contribution in [1.82, 2.24) is 4.98 Å². The predicted molar refractivity (Wildman–Crippen MR) is 55.2 cm³/mol. The Morgan fingerprint density at radius 1 is 1.31 bits per heavy atom. The van der Waals surface area contributed by atoms with Crippen LogP contribution in [0.2, 0.25) is 0 Å². The van der Waals surface area contributed by atoms with Gasteiger partial charge in [-0.2, -0.15) is 0 Å². The number of nitrogens with two attached hydrogens (primary N) is 2. The van der Waals surface area contributed by atoms with Crippen LogP contribution >= 0.6 is 0 Å². The van der Waals surface area contributed by atoms with Crippen molar-refractivity contribution in [1.29, 1.82) is 0 Å². The van der Waals surface area contributed by atoms with E-state index in [1.807, 2.05) is 13.0 Å². The van der Waals surface area contributed by atoms with E-state index >= 15 is 0 Å². The number of hydrogen-bond donors (Lipinski definition) is 2. The van der Waals surface area contributed by atoms with Gasteiger partial charge in [-0.25, -0.2) is 4.98 Å². The minimum Gasteiger partial charge on any atom is -0.384 e. The van der Waals surface area contributed by atoms with E-state index < -0.39 is 0 Å². The number of hydrogen-bond acceptors (Lipinski definition) is 3. The highest BCUT2D eigenvalue weighted by molar-refractivity contribution is 5.35. The van der Waals surface area contributed by atoms with Gasteiger partial charge in [0.25, 0.3) is 0 Å². The minimum atomic E-state index is 0.0492. The molecular formula is C10H17N3. The van der Waals surface area contributed by atoms with Crippen LogP contribution in [0, 0.1) is 12.8 Å². The van der Waals surface area contributed by atoms with Crippen molar-refractivity contribution in [3.05, 3.63) is 23.4 Å². The number of aryl methyl sites for hydroxylation is 1. The molecule has 4 N–H and O–H groups in total. The minimum absolute atomic E-state index is 0.0492. The Morgan fingerprint density at radius 3 is 2.38 bits per heavy atom. The topological polar surface area (TPSA) is 64.9 Å². The summed E-state index contributed by atoms with van der Waals surface area (Å²) in [4.78, 5) is 4.17. The van der Waals surface area contributed by atoms with Gasteiger partial charge in [-0.05, 0) is 24.5 Å². The maximum atomic E-state index is 6.01. The number of pyridine rings is 1. The molecule has 1 aromatic rings. The van der Waals surface area contributed by atoms with Gasteiger partial charge in [0.2, 0.25) is 0 Å². The molecule has 3 heteroatoms. The van der Waals surface area contributed by atoms with E-state index in [4.69, 9.17) is 11.5 Å². The number of rotatable bonds is 2. The van der Waals surface area contributed by atoms with E-state index in [9.17, 15) is 0 Å². The fourth-order valence-electron chi connectivity index (χ4n) is 1.30. The fraction of sp³-hybridized carbons (Fsp3) is 0.500. The molecule has 0 spiro atoms. The smallest absolute Gasteiger partial charge is 0.123 e. The van der Waals surface area contributed by atoms with E-state index in [-0.39, 0.29) is 6.04 Å². The van der Waals surface area contributed by atoms with Crippen molar-refractivity contribution in [2.24, 2.45) is 11.7 Å². The first-order valence-electron chi connectivity index (χ1n) is 4.51. The molecule has 0 saturated heterocycles. The summed E-state index contributed by atoms with van der Waals surface area (Å²) in [5.41, 5.74) is 13.6. The van der Waals surface area contributed by atoms with Crippen LogP contribution < -0.4 is 11.5 Å². The second-order valence-electron chi connectivity index (χ2n) is 3.68. The van der Waals surface area contributed by atoms with Crippen LogP contribution in [0.15, 0.2) is 12.1 Å². The zero-order chi connectivity index (χ0) is 10.0. The van der Waals surface area contributed by atoms with Gasteiger partial charge in [-0.1, -0.05) is 19.9 Å². The predicted octanol–water partition coefficient (Wildman–Crippen LogP) is 1.63. The SMILES string of the molecule is Cc1nc(N)ccc1C(N)C(C)C. The number of aromatic nitrogens is 1. The quantitative estimate of drug-likeness (QED) is 0.725. The molecule has 0 amide bonds. The number of nitrogens with zero attached hydrogens (tertiary/aromatic N) is 1. The second-order valence-corrected chi connectivity index (χ2v) is 3.68. The third-order valence-corrected chi connectivity index (χ3v) is 2.23. The summed E-state index contributed by atoms with van der Waals surface area (Å²) in [5, 5.41) is 0. The Labute approximate surface area is 79.2 Å². The highest BCUT2D eigenvalue weighted by Crippen LogP contribution is 2.21. The van der Waals surface area contributed by atoms with E-state index in [1.165, 1.54) is 0 Å². The monoisotopic (exact) mass is 179 g/mol. The van der Waals surface area contributed by atoms with Gasteiger partial charge < -0.3 is 11.5 Å². The average molecular weight is 179 g/mol. The maximum Gasteiger partial charge on any atom is 0.123 e. The molecule has 72 valence electrons. The molecule has 0 aliphatic rings. The van der Waals surface area contributed by atoms with Crippen LogP contribution in [0.3, 0.4) is 0 Å². The Balaban J connectivity index is 3.01. The van der Waals surface area contributed by atoms with Gasteiger partial charge in [-0.15, -0.1) is 0 Å². The summed E-state index contributed by atoms with van der Waals surface area (Å²) < 4.78 is 0. The molecule has 13 heavy (non-hydrogen) atoms. The molecule has 0 aliphatic heterocycles. The highest BCUT2D eigenvalue weighted by Gasteiger charge is 2.13. The highest BCUT2D eigenvalue weighted by atomic mass is 14.8. The van der Waals surface area contributed by atoms with Crippen LogP contribution in [0.1, 0.15) is 31.1 Å².